The van der Waals surface area contributed by atoms with Gasteiger partial charge in [0.25, 0.3) is 0 Å². The van der Waals surface area contributed by atoms with E-state index in [0.717, 1.165) is 16.8 Å². The lowest BCUT2D eigenvalue weighted by Gasteiger charge is -2.12. The van der Waals surface area contributed by atoms with Gasteiger partial charge in [-0.15, -0.1) is 21.5 Å². The van der Waals surface area contributed by atoms with Crippen molar-refractivity contribution in [1.82, 2.24) is 24.7 Å². The first-order valence-electron chi connectivity index (χ1n) is 8.46. The van der Waals surface area contributed by atoms with Gasteiger partial charge in [0, 0.05) is 29.5 Å². The molecule has 0 atom stereocenters. The molecule has 0 aliphatic carbocycles. The molecule has 0 aliphatic heterocycles. The SMILES string of the molecule is Cc1ccccc1-n1c(SCC(=O)Nc2nccs2)nnc1-c1cccnc1. The highest BCUT2D eigenvalue weighted by atomic mass is 32.2. The molecule has 0 fully saturated rings. The lowest BCUT2D eigenvalue weighted by Crippen LogP contribution is -2.14. The second-order valence-electron chi connectivity index (χ2n) is 5.84. The average Bonchev–Trinajstić information content (AvgIpc) is 3.37. The molecule has 3 heterocycles. The maximum Gasteiger partial charge on any atom is 0.236 e. The zero-order valence-electron chi connectivity index (χ0n) is 14.9. The van der Waals surface area contributed by atoms with E-state index in [1.165, 1.54) is 23.1 Å². The Morgan fingerprint density at radius 2 is 2.07 bits per heavy atom. The number of carbonyl (C=O) groups is 1. The predicted molar refractivity (Wildman–Crippen MR) is 111 cm³/mol. The number of thioether (sulfide) groups is 1. The molecule has 0 saturated heterocycles. The number of hydrogen-bond acceptors (Lipinski definition) is 7. The van der Waals surface area contributed by atoms with Crippen molar-refractivity contribution in [2.75, 3.05) is 11.1 Å². The minimum absolute atomic E-state index is 0.137. The van der Waals surface area contributed by atoms with Crippen molar-refractivity contribution < 1.29 is 4.79 Å². The van der Waals surface area contributed by atoms with Gasteiger partial charge in [-0.2, -0.15) is 0 Å². The summed E-state index contributed by atoms with van der Waals surface area (Å²) in [5, 5.41) is 14.5. The summed E-state index contributed by atoms with van der Waals surface area (Å²) in [6.45, 7) is 2.03. The van der Waals surface area contributed by atoms with Crippen LogP contribution in [0.3, 0.4) is 0 Å². The van der Waals surface area contributed by atoms with E-state index in [1.807, 2.05) is 53.3 Å². The van der Waals surface area contributed by atoms with Gasteiger partial charge < -0.3 is 5.32 Å². The number of nitrogens with one attached hydrogen (secondary N) is 1. The van der Waals surface area contributed by atoms with Crippen LogP contribution in [0.1, 0.15) is 5.56 Å². The molecular formula is C19H16N6OS2. The van der Waals surface area contributed by atoms with E-state index in [-0.39, 0.29) is 11.7 Å². The second-order valence-corrected chi connectivity index (χ2v) is 7.68. The minimum Gasteiger partial charge on any atom is -0.301 e. The van der Waals surface area contributed by atoms with E-state index >= 15 is 0 Å². The quantitative estimate of drug-likeness (QED) is 0.488. The average molecular weight is 409 g/mol. The molecule has 1 aromatic carbocycles. The molecular weight excluding hydrogens is 392 g/mol. The van der Waals surface area contributed by atoms with E-state index in [2.05, 4.69) is 25.5 Å². The van der Waals surface area contributed by atoms with Crippen molar-refractivity contribution in [3.05, 3.63) is 65.9 Å². The topological polar surface area (TPSA) is 85.6 Å². The third kappa shape index (κ3) is 3.95. The molecule has 140 valence electrons. The van der Waals surface area contributed by atoms with E-state index in [0.29, 0.717) is 16.1 Å². The normalized spacial score (nSPS) is 10.8. The van der Waals surface area contributed by atoms with Gasteiger partial charge in [-0.05, 0) is 30.7 Å². The minimum atomic E-state index is -0.137. The zero-order chi connectivity index (χ0) is 19.3. The number of thiazole rings is 1. The number of hydrogen-bond donors (Lipinski definition) is 1. The molecule has 0 bridgehead atoms. The van der Waals surface area contributed by atoms with Crippen molar-refractivity contribution in [1.29, 1.82) is 0 Å². The van der Waals surface area contributed by atoms with E-state index in [1.54, 1.807) is 18.6 Å². The van der Waals surface area contributed by atoms with Crippen molar-refractivity contribution in [3.8, 4) is 17.1 Å². The van der Waals surface area contributed by atoms with Crippen LogP contribution in [0.5, 0.6) is 0 Å². The van der Waals surface area contributed by atoms with Crippen LogP contribution in [0, 0.1) is 6.92 Å². The number of para-hydroxylation sites is 1. The van der Waals surface area contributed by atoms with E-state index in [9.17, 15) is 4.79 Å². The van der Waals surface area contributed by atoms with Crippen LogP contribution >= 0.6 is 23.1 Å². The Morgan fingerprint density at radius 1 is 1.18 bits per heavy atom. The molecule has 9 heteroatoms. The molecule has 0 radical (unpaired) electrons. The lowest BCUT2D eigenvalue weighted by atomic mass is 10.2. The van der Waals surface area contributed by atoms with Gasteiger partial charge in [-0.25, -0.2) is 4.98 Å². The lowest BCUT2D eigenvalue weighted by molar-refractivity contribution is -0.113. The van der Waals surface area contributed by atoms with Crippen LogP contribution in [0.2, 0.25) is 0 Å². The Hall–Kier alpha value is -3.04. The van der Waals surface area contributed by atoms with Crippen LogP contribution in [-0.4, -0.2) is 36.4 Å². The number of nitrogens with zero attached hydrogens (tertiary/aromatic N) is 5. The number of benzene rings is 1. The molecule has 1 N–H and O–H groups in total. The molecule has 4 rings (SSSR count). The fourth-order valence-electron chi connectivity index (χ4n) is 2.65. The Bertz CT molecular complexity index is 1080. The van der Waals surface area contributed by atoms with Crippen LogP contribution in [-0.2, 0) is 4.79 Å². The number of aryl methyl sites for hydroxylation is 1. The fourth-order valence-corrected chi connectivity index (χ4v) is 3.94. The zero-order valence-corrected chi connectivity index (χ0v) is 16.6. The molecule has 0 spiro atoms. The predicted octanol–water partition coefficient (Wildman–Crippen LogP) is 3.83. The van der Waals surface area contributed by atoms with Crippen molar-refractivity contribution in [2.24, 2.45) is 0 Å². The molecule has 0 unspecified atom stereocenters. The number of amides is 1. The largest absolute Gasteiger partial charge is 0.301 e. The van der Waals surface area contributed by atoms with Gasteiger partial charge in [0.15, 0.2) is 16.1 Å². The summed E-state index contributed by atoms with van der Waals surface area (Å²) in [6.07, 6.45) is 5.13. The first-order chi connectivity index (χ1) is 13.7. The summed E-state index contributed by atoms with van der Waals surface area (Å²) in [7, 11) is 0. The monoisotopic (exact) mass is 408 g/mol. The third-order valence-corrected chi connectivity index (χ3v) is 5.54. The van der Waals surface area contributed by atoms with Gasteiger partial charge in [0.05, 0.1) is 11.4 Å². The highest BCUT2D eigenvalue weighted by Gasteiger charge is 2.18. The molecule has 28 heavy (non-hydrogen) atoms. The summed E-state index contributed by atoms with van der Waals surface area (Å²) >= 11 is 2.71. The number of pyridine rings is 1. The first-order valence-corrected chi connectivity index (χ1v) is 10.3. The smallest absolute Gasteiger partial charge is 0.236 e. The molecule has 7 nitrogen and oxygen atoms in total. The molecule has 0 saturated carbocycles. The van der Waals surface area contributed by atoms with Gasteiger partial charge >= 0.3 is 0 Å². The summed E-state index contributed by atoms with van der Waals surface area (Å²) in [6, 6.07) is 11.8. The number of carbonyl (C=O) groups excluding carboxylic acids is 1. The second kappa shape index (κ2) is 8.32. The van der Waals surface area contributed by atoms with Crippen molar-refractivity contribution in [2.45, 2.75) is 12.1 Å². The summed E-state index contributed by atoms with van der Waals surface area (Å²) < 4.78 is 1.97. The number of anilines is 1. The molecule has 0 aliphatic rings. The van der Waals surface area contributed by atoms with E-state index < -0.39 is 0 Å². The Balaban J connectivity index is 1.65. The molecule has 1 amide bonds. The van der Waals surface area contributed by atoms with Gasteiger partial charge in [0.2, 0.25) is 5.91 Å². The van der Waals surface area contributed by atoms with Crippen LogP contribution < -0.4 is 5.32 Å². The summed E-state index contributed by atoms with van der Waals surface area (Å²) in [5.74, 6) is 0.754. The maximum atomic E-state index is 12.2. The fraction of sp³-hybridized carbons (Fsp3) is 0.105. The first kappa shape index (κ1) is 18.3. The van der Waals surface area contributed by atoms with Crippen molar-refractivity contribution in [3.63, 3.8) is 0 Å². The summed E-state index contributed by atoms with van der Waals surface area (Å²) in [4.78, 5) is 20.5. The third-order valence-electron chi connectivity index (χ3n) is 3.92. The van der Waals surface area contributed by atoms with Gasteiger partial charge in [0.1, 0.15) is 0 Å². The molecule has 4 aromatic rings. The van der Waals surface area contributed by atoms with E-state index in [4.69, 9.17) is 0 Å². The number of aromatic nitrogens is 5. The molecule has 3 aromatic heterocycles. The Kier molecular flexibility index (Phi) is 5.45. The van der Waals surface area contributed by atoms with Crippen LogP contribution in [0.4, 0.5) is 5.13 Å². The van der Waals surface area contributed by atoms with Crippen LogP contribution in [0.15, 0.2) is 65.5 Å². The van der Waals surface area contributed by atoms with Crippen molar-refractivity contribution >= 4 is 34.1 Å². The van der Waals surface area contributed by atoms with Gasteiger partial charge in [-0.1, -0.05) is 30.0 Å². The number of rotatable bonds is 6. The maximum absolute atomic E-state index is 12.2. The van der Waals surface area contributed by atoms with Crippen LogP contribution in [0.25, 0.3) is 17.1 Å². The summed E-state index contributed by atoms with van der Waals surface area (Å²) in [5.41, 5.74) is 2.91. The highest BCUT2D eigenvalue weighted by Crippen LogP contribution is 2.29. The highest BCUT2D eigenvalue weighted by molar-refractivity contribution is 7.99. The van der Waals surface area contributed by atoms with Gasteiger partial charge in [-0.3, -0.25) is 14.3 Å². The Morgan fingerprint density at radius 3 is 2.82 bits per heavy atom. The Labute approximate surface area is 169 Å². The standard InChI is InChI=1S/C19H16N6OS2/c1-13-5-2-3-7-15(13)25-17(14-6-4-8-20-11-14)23-24-19(25)28-12-16(26)22-18-21-9-10-27-18/h2-11H,12H2,1H3,(H,21,22,26).